The largest absolute Gasteiger partial charge is 0.490 e. The molecule has 1 amide bonds. The Bertz CT molecular complexity index is 744. The van der Waals surface area contributed by atoms with E-state index < -0.39 is 0 Å². The number of hydrogen-bond donors (Lipinski definition) is 0. The van der Waals surface area contributed by atoms with Crippen molar-refractivity contribution in [2.24, 2.45) is 0 Å². The molecule has 0 radical (unpaired) electrons. The molecule has 1 aromatic carbocycles. The van der Waals surface area contributed by atoms with Gasteiger partial charge in [0.15, 0.2) is 11.5 Å². The molecule has 1 spiro atoms. The fraction of sp³-hybridized carbons (Fsp3) is 0.696. The van der Waals surface area contributed by atoms with E-state index in [4.69, 9.17) is 14.2 Å². The van der Waals surface area contributed by atoms with Gasteiger partial charge in [-0.05, 0) is 57.0 Å². The van der Waals surface area contributed by atoms with Crippen molar-refractivity contribution in [2.75, 3.05) is 46.0 Å². The predicted molar refractivity (Wildman–Crippen MR) is 110 cm³/mol. The quantitative estimate of drug-likeness (QED) is 0.764. The zero-order valence-corrected chi connectivity index (χ0v) is 17.2. The van der Waals surface area contributed by atoms with Crippen LogP contribution in [-0.2, 0) is 4.74 Å². The molecule has 1 aliphatic carbocycles. The number of morpholine rings is 1. The van der Waals surface area contributed by atoms with Gasteiger partial charge in [0.25, 0.3) is 5.91 Å². The summed E-state index contributed by atoms with van der Waals surface area (Å²) < 4.78 is 18.0. The van der Waals surface area contributed by atoms with Gasteiger partial charge < -0.3 is 19.1 Å². The molecule has 29 heavy (non-hydrogen) atoms. The molecule has 158 valence electrons. The maximum Gasteiger partial charge on any atom is 0.254 e. The summed E-state index contributed by atoms with van der Waals surface area (Å²) in [5, 5.41) is 0. The Hall–Kier alpha value is -1.79. The first-order valence-corrected chi connectivity index (χ1v) is 11.3. The molecule has 5 rings (SSSR count). The molecule has 0 bridgehead atoms. The fourth-order valence-corrected chi connectivity index (χ4v) is 5.57. The van der Waals surface area contributed by atoms with Crippen LogP contribution in [0.15, 0.2) is 18.2 Å². The van der Waals surface area contributed by atoms with Crippen molar-refractivity contribution in [3.05, 3.63) is 23.8 Å². The van der Waals surface area contributed by atoms with Gasteiger partial charge in [-0.3, -0.25) is 9.69 Å². The van der Waals surface area contributed by atoms with Crippen molar-refractivity contribution in [3.8, 4) is 11.5 Å². The molecule has 0 unspecified atom stereocenters. The molecular weight excluding hydrogens is 368 g/mol. The Morgan fingerprint density at radius 2 is 1.76 bits per heavy atom. The van der Waals surface area contributed by atoms with Crippen molar-refractivity contribution in [1.29, 1.82) is 0 Å². The van der Waals surface area contributed by atoms with E-state index in [1.807, 2.05) is 23.1 Å². The summed E-state index contributed by atoms with van der Waals surface area (Å²) in [6.45, 7) is 5.61. The predicted octanol–water partition coefficient (Wildman–Crippen LogP) is 3.10. The Balaban J connectivity index is 1.36. The first kappa shape index (κ1) is 19.2. The lowest BCUT2D eigenvalue weighted by Crippen LogP contribution is -2.64. The van der Waals surface area contributed by atoms with Crippen LogP contribution in [0.1, 0.15) is 55.3 Å². The second kappa shape index (κ2) is 8.15. The normalized spacial score (nSPS) is 30.3. The van der Waals surface area contributed by atoms with E-state index in [0.29, 0.717) is 50.3 Å². The van der Waals surface area contributed by atoms with Gasteiger partial charge in [0.05, 0.1) is 26.4 Å². The third-order valence-corrected chi connectivity index (χ3v) is 7.01. The van der Waals surface area contributed by atoms with Crippen LogP contribution in [-0.4, -0.2) is 73.3 Å². The molecule has 1 aromatic rings. The first-order valence-electron chi connectivity index (χ1n) is 11.3. The number of ether oxygens (including phenoxy) is 3. The number of carbonyl (C=O) groups excluding carboxylic acids is 1. The van der Waals surface area contributed by atoms with Crippen LogP contribution in [0.25, 0.3) is 0 Å². The van der Waals surface area contributed by atoms with Gasteiger partial charge in [-0.25, -0.2) is 0 Å². The van der Waals surface area contributed by atoms with Crippen LogP contribution >= 0.6 is 0 Å². The van der Waals surface area contributed by atoms with Crippen LogP contribution in [0.3, 0.4) is 0 Å². The summed E-state index contributed by atoms with van der Waals surface area (Å²) in [6, 6.07) is 6.04. The lowest BCUT2D eigenvalue weighted by atomic mass is 9.78. The van der Waals surface area contributed by atoms with Crippen LogP contribution in [0.2, 0.25) is 0 Å². The monoisotopic (exact) mass is 400 g/mol. The zero-order chi connectivity index (χ0) is 19.7. The minimum Gasteiger partial charge on any atom is -0.490 e. The van der Waals surface area contributed by atoms with Gasteiger partial charge in [-0.15, -0.1) is 0 Å². The van der Waals surface area contributed by atoms with Crippen LogP contribution in [0.5, 0.6) is 11.5 Å². The summed E-state index contributed by atoms with van der Waals surface area (Å²) in [7, 11) is 0. The van der Waals surface area contributed by atoms with Gasteiger partial charge in [0.2, 0.25) is 0 Å². The Labute approximate surface area is 173 Å². The number of nitrogens with zero attached hydrogens (tertiary/aromatic N) is 2. The summed E-state index contributed by atoms with van der Waals surface area (Å²) in [6.07, 6.45) is 8.13. The fourth-order valence-electron chi connectivity index (χ4n) is 5.57. The minimum absolute atomic E-state index is 0.0778. The van der Waals surface area contributed by atoms with Gasteiger partial charge >= 0.3 is 0 Å². The van der Waals surface area contributed by atoms with Crippen LogP contribution < -0.4 is 9.47 Å². The summed E-state index contributed by atoms with van der Waals surface area (Å²) in [4.78, 5) is 18.0. The summed E-state index contributed by atoms with van der Waals surface area (Å²) in [5.74, 6) is 1.50. The van der Waals surface area contributed by atoms with Crippen LogP contribution in [0, 0.1) is 0 Å². The van der Waals surface area contributed by atoms with Crippen molar-refractivity contribution < 1.29 is 19.0 Å². The summed E-state index contributed by atoms with van der Waals surface area (Å²) >= 11 is 0. The van der Waals surface area contributed by atoms with Gasteiger partial charge in [-0.2, -0.15) is 0 Å². The van der Waals surface area contributed by atoms with E-state index >= 15 is 0 Å². The number of likely N-dealkylation sites (tertiary alicyclic amines) is 1. The molecule has 0 aromatic heterocycles. The van der Waals surface area contributed by atoms with Gasteiger partial charge in [0.1, 0.15) is 5.60 Å². The van der Waals surface area contributed by atoms with Gasteiger partial charge in [0, 0.05) is 24.6 Å². The molecule has 0 N–H and O–H groups in total. The van der Waals surface area contributed by atoms with E-state index in [2.05, 4.69) is 4.90 Å². The van der Waals surface area contributed by atoms with E-state index in [1.165, 1.54) is 45.2 Å². The number of amides is 1. The Morgan fingerprint density at radius 1 is 0.931 bits per heavy atom. The molecule has 6 nitrogen and oxygen atoms in total. The van der Waals surface area contributed by atoms with E-state index in [0.717, 1.165) is 18.6 Å². The third-order valence-electron chi connectivity index (χ3n) is 7.01. The average molecular weight is 401 g/mol. The maximum atomic E-state index is 13.4. The van der Waals surface area contributed by atoms with Crippen molar-refractivity contribution >= 4 is 5.91 Å². The highest BCUT2D eigenvalue weighted by molar-refractivity contribution is 5.95. The second-order valence-corrected chi connectivity index (χ2v) is 8.86. The van der Waals surface area contributed by atoms with Crippen LogP contribution in [0.4, 0.5) is 0 Å². The van der Waals surface area contributed by atoms with E-state index in [1.54, 1.807) is 0 Å². The topological polar surface area (TPSA) is 51.2 Å². The average Bonchev–Trinajstić information content (AvgIpc) is 3.18. The highest BCUT2D eigenvalue weighted by Crippen LogP contribution is 2.39. The highest BCUT2D eigenvalue weighted by Gasteiger charge is 2.48. The molecule has 4 aliphatic rings. The van der Waals surface area contributed by atoms with Crippen molar-refractivity contribution in [1.82, 2.24) is 9.80 Å². The third kappa shape index (κ3) is 3.73. The highest BCUT2D eigenvalue weighted by atomic mass is 16.5. The molecular formula is C23H32N2O4. The molecule has 3 aliphatic heterocycles. The molecule has 3 heterocycles. The van der Waals surface area contributed by atoms with Crippen molar-refractivity contribution in [3.63, 3.8) is 0 Å². The lowest BCUT2D eigenvalue weighted by molar-refractivity contribution is -0.156. The molecule has 6 heteroatoms. The van der Waals surface area contributed by atoms with Crippen molar-refractivity contribution in [2.45, 2.75) is 56.6 Å². The zero-order valence-electron chi connectivity index (χ0n) is 17.2. The molecule has 2 atom stereocenters. The van der Waals surface area contributed by atoms with E-state index in [-0.39, 0.29) is 11.5 Å². The number of rotatable bonds is 2. The minimum atomic E-state index is -0.207. The number of fused-ring (bicyclic) bond motifs is 1. The maximum absolute atomic E-state index is 13.4. The number of hydrogen-bond acceptors (Lipinski definition) is 5. The standard InChI is InChI=1S/C23H32N2O4/c26-22(18-7-8-19-20(16-18)28-14-5-13-27-19)25-12-15-29-23(17-25)9-2-1-6-21(23)24-10-3-4-11-24/h7-8,16,21H,1-6,9-15,17H2/t21-,23+/m0/s1. The SMILES string of the molecule is O=C(c1ccc2c(c1)OCCCO2)N1CCO[C@]2(CCCC[C@@H]2N2CCCC2)C1. The Kier molecular flexibility index (Phi) is 5.39. The molecule has 3 fully saturated rings. The van der Waals surface area contributed by atoms with E-state index in [9.17, 15) is 4.79 Å². The summed E-state index contributed by atoms with van der Waals surface area (Å²) in [5.41, 5.74) is 0.474. The smallest absolute Gasteiger partial charge is 0.254 e. The number of carbonyl (C=O) groups is 1. The number of benzene rings is 1. The molecule has 1 saturated carbocycles. The lowest BCUT2D eigenvalue weighted by Gasteiger charge is -2.52. The first-order chi connectivity index (χ1) is 14.3. The Morgan fingerprint density at radius 3 is 2.62 bits per heavy atom. The van der Waals surface area contributed by atoms with Gasteiger partial charge in [-0.1, -0.05) is 12.8 Å². The molecule has 2 saturated heterocycles. The second-order valence-electron chi connectivity index (χ2n) is 8.86.